The molecule has 2 aromatic heterocycles. The van der Waals surface area contributed by atoms with Gasteiger partial charge < -0.3 is 15.3 Å². The maximum Gasteiger partial charge on any atom is 0.151 e. The van der Waals surface area contributed by atoms with Gasteiger partial charge in [0.2, 0.25) is 0 Å². The number of aromatic hydroxyl groups is 1. The van der Waals surface area contributed by atoms with E-state index in [0.29, 0.717) is 17.3 Å². The van der Waals surface area contributed by atoms with Crippen LogP contribution in [0.3, 0.4) is 0 Å². The highest BCUT2D eigenvalue weighted by atomic mass is 16.3. The molecular weight excluding hydrogens is 352 g/mol. The van der Waals surface area contributed by atoms with Gasteiger partial charge in [0.15, 0.2) is 5.82 Å². The lowest BCUT2D eigenvalue weighted by atomic mass is 10.0. The Morgan fingerprint density at radius 1 is 1.04 bits per heavy atom. The third-order valence-electron chi connectivity index (χ3n) is 6.29. The molecule has 2 unspecified atom stereocenters. The average molecular weight is 376 g/mol. The number of anilines is 1. The van der Waals surface area contributed by atoms with E-state index in [-0.39, 0.29) is 5.75 Å². The zero-order chi connectivity index (χ0) is 19.1. The molecule has 0 amide bonds. The van der Waals surface area contributed by atoms with Crippen LogP contribution in [0.15, 0.2) is 42.7 Å². The molecule has 2 aliphatic rings. The molecule has 0 radical (unpaired) electrons. The molecule has 1 aromatic carbocycles. The fourth-order valence-electron chi connectivity index (χ4n) is 4.63. The van der Waals surface area contributed by atoms with E-state index in [1.165, 1.54) is 12.8 Å². The van der Waals surface area contributed by atoms with Gasteiger partial charge in [0.1, 0.15) is 5.75 Å². The van der Waals surface area contributed by atoms with Crippen LogP contribution in [0.1, 0.15) is 12.8 Å². The number of fused-ring (bicyclic) bond motifs is 1. The smallest absolute Gasteiger partial charge is 0.151 e. The van der Waals surface area contributed by atoms with Gasteiger partial charge >= 0.3 is 0 Å². The number of phenols is 1. The molecule has 0 spiro atoms. The summed E-state index contributed by atoms with van der Waals surface area (Å²) >= 11 is 0. The number of rotatable bonds is 4. The largest absolute Gasteiger partial charge is 0.507 e. The van der Waals surface area contributed by atoms with Gasteiger partial charge in [-0.3, -0.25) is 5.10 Å². The molecule has 3 aromatic rings. The molecule has 7 nitrogen and oxygen atoms in total. The van der Waals surface area contributed by atoms with E-state index < -0.39 is 0 Å². The second-order valence-electron chi connectivity index (χ2n) is 7.91. The fraction of sp³-hybridized carbons (Fsp3) is 0.381. The van der Waals surface area contributed by atoms with Crippen LogP contribution < -0.4 is 10.2 Å². The highest BCUT2D eigenvalue weighted by Crippen LogP contribution is 2.38. The highest BCUT2D eigenvalue weighted by molar-refractivity contribution is 5.73. The fourth-order valence-corrected chi connectivity index (χ4v) is 4.63. The van der Waals surface area contributed by atoms with E-state index in [0.717, 1.165) is 41.9 Å². The lowest BCUT2D eigenvalue weighted by Gasteiger charge is -2.26. The van der Waals surface area contributed by atoms with Crippen LogP contribution in [-0.4, -0.2) is 51.7 Å². The first-order valence-corrected chi connectivity index (χ1v) is 9.79. The molecule has 1 saturated heterocycles. The minimum absolute atomic E-state index is 0.185. The van der Waals surface area contributed by atoms with Crippen LogP contribution in [0.2, 0.25) is 0 Å². The van der Waals surface area contributed by atoms with Gasteiger partial charge in [-0.05, 0) is 67.6 Å². The number of H-pyrrole nitrogens is 1. The Balaban J connectivity index is 1.34. The number of benzene rings is 1. The first-order valence-electron chi connectivity index (χ1n) is 9.79. The summed E-state index contributed by atoms with van der Waals surface area (Å²) in [6.07, 6.45) is 5.96. The van der Waals surface area contributed by atoms with Crippen LogP contribution in [0.4, 0.5) is 5.82 Å². The Morgan fingerprint density at radius 3 is 2.50 bits per heavy atom. The van der Waals surface area contributed by atoms with Crippen molar-refractivity contribution in [2.45, 2.75) is 18.9 Å². The van der Waals surface area contributed by atoms with Crippen molar-refractivity contribution >= 4 is 5.82 Å². The second kappa shape index (κ2) is 6.91. The topological polar surface area (TPSA) is 90.0 Å². The van der Waals surface area contributed by atoms with Crippen LogP contribution in [0.5, 0.6) is 5.75 Å². The van der Waals surface area contributed by atoms with E-state index >= 15 is 0 Å². The first kappa shape index (κ1) is 17.2. The maximum absolute atomic E-state index is 10.5. The standard InChI is InChI=1S/C21H24N6O/c1-27(17-6-14-9-22-10-15(14)7-17)21-5-4-19(25-26-21)18-3-2-13(8-20(18)28)16-11-23-24-12-16/h2-5,8,11-12,14-15,17,22,28H,6-7,9-10H2,1H3,(H,23,24). The summed E-state index contributed by atoms with van der Waals surface area (Å²) in [5.74, 6) is 2.66. The van der Waals surface area contributed by atoms with Gasteiger partial charge in [-0.25, -0.2) is 0 Å². The van der Waals surface area contributed by atoms with Crippen molar-refractivity contribution in [1.29, 1.82) is 0 Å². The summed E-state index contributed by atoms with van der Waals surface area (Å²) in [5, 5.41) is 29.5. The van der Waals surface area contributed by atoms with E-state index in [9.17, 15) is 5.11 Å². The Hall–Kier alpha value is -2.93. The molecular formula is C21H24N6O. The van der Waals surface area contributed by atoms with Gasteiger partial charge in [-0.15, -0.1) is 10.2 Å². The van der Waals surface area contributed by atoms with Crippen LogP contribution in [0.25, 0.3) is 22.4 Å². The summed E-state index contributed by atoms with van der Waals surface area (Å²) in [7, 11) is 2.11. The maximum atomic E-state index is 10.5. The molecule has 0 bridgehead atoms. The SMILES string of the molecule is CN(c1ccc(-c2ccc(-c3cn[nH]c3)cc2O)nn1)C1CC2CNCC2C1. The number of aromatic nitrogens is 4. The van der Waals surface area contributed by atoms with Crippen molar-refractivity contribution in [1.82, 2.24) is 25.7 Å². The van der Waals surface area contributed by atoms with Crippen LogP contribution in [-0.2, 0) is 0 Å². The number of hydrogen-bond acceptors (Lipinski definition) is 6. The van der Waals surface area contributed by atoms with Crippen molar-refractivity contribution in [3.05, 3.63) is 42.7 Å². The van der Waals surface area contributed by atoms with E-state index in [2.05, 4.69) is 37.7 Å². The van der Waals surface area contributed by atoms with Crippen molar-refractivity contribution in [2.75, 3.05) is 25.0 Å². The average Bonchev–Trinajstić information content (AvgIpc) is 3.45. The monoisotopic (exact) mass is 376 g/mol. The first-order chi connectivity index (χ1) is 13.7. The number of aromatic amines is 1. The minimum Gasteiger partial charge on any atom is -0.507 e. The number of hydrogen-bond donors (Lipinski definition) is 3. The molecule has 7 heteroatoms. The van der Waals surface area contributed by atoms with Crippen LogP contribution in [0, 0.1) is 11.8 Å². The predicted molar refractivity (Wildman–Crippen MR) is 108 cm³/mol. The second-order valence-corrected chi connectivity index (χ2v) is 7.91. The Morgan fingerprint density at radius 2 is 1.86 bits per heavy atom. The lowest BCUT2D eigenvalue weighted by Crippen LogP contribution is -2.31. The van der Waals surface area contributed by atoms with Crippen molar-refractivity contribution in [3.8, 4) is 28.1 Å². The molecule has 144 valence electrons. The van der Waals surface area contributed by atoms with E-state index in [1.807, 2.05) is 24.3 Å². The van der Waals surface area contributed by atoms with Gasteiger partial charge in [0, 0.05) is 30.4 Å². The third kappa shape index (κ3) is 3.01. The minimum atomic E-state index is 0.185. The molecule has 28 heavy (non-hydrogen) atoms. The zero-order valence-corrected chi connectivity index (χ0v) is 15.8. The molecule has 1 aliphatic carbocycles. The van der Waals surface area contributed by atoms with Gasteiger partial charge in [-0.1, -0.05) is 6.07 Å². The number of nitrogens with zero attached hydrogens (tertiary/aromatic N) is 4. The summed E-state index contributed by atoms with van der Waals surface area (Å²) < 4.78 is 0. The molecule has 1 saturated carbocycles. The van der Waals surface area contributed by atoms with E-state index in [4.69, 9.17) is 0 Å². The van der Waals surface area contributed by atoms with E-state index in [1.54, 1.807) is 18.5 Å². The van der Waals surface area contributed by atoms with Crippen LogP contribution >= 0.6 is 0 Å². The predicted octanol–water partition coefficient (Wildman–Crippen LogP) is 2.67. The normalized spacial score (nSPS) is 23.7. The molecule has 2 atom stereocenters. The summed E-state index contributed by atoms with van der Waals surface area (Å²) in [5.41, 5.74) is 3.18. The Kier molecular flexibility index (Phi) is 4.24. The Labute approximate surface area is 163 Å². The lowest BCUT2D eigenvalue weighted by molar-refractivity contribution is 0.477. The van der Waals surface area contributed by atoms with Crippen molar-refractivity contribution in [2.24, 2.45) is 11.8 Å². The molecule has 1 aliphatic heterocycles. The summed E-state index contributed by atoms with van der Waals surface area (Å²) in [4.78, 5) is 2.26. The van der Waals surface area contributed by atoms with Crippen molar-refractivity contribution < 1.29 is 5.11 Å². The number of phenolic OH excluding ortho intramolecular Hbond substituents is 1. The molecule has 3 heterocycles. The van der Waals surface area contributed by atoms with Gasteiger partial charge in [0.25, 0.3) is 0 Å². The quantitative estimate of drug-likeness (QED) is 0.649. The highest BCUT2D eigenvalue weighted by Gasteiger charge is 2.39. The molecule has 3 N–H and O–H groups in total. The van der Waals surface area contributed by atoms with Gasteiger partial charge in [0.05, 0.1) is 11.9 Å². The van der Waals surface area contributed by atoms with Gasteiger partial charge in [-0.2, -0.15) is 5.10 Å². The molecule has 2 fully saturated rings. The summed E-state index contributed by atoms with van der Waals surface area (Å²) in [6.45, 7) is 2.29. The summed E-state index contributed by atoms with van der Waals surface area (Å²) in [6, 6.07) is 10.0. The Bertz CT molecular complexity index is 944. The molecule has 5 rings (SSSR count). The number of nitrogens with one attached hydrogen (secondary N) is 2. The zero-order valence-electron chi connectivity index (χ0n) is 15.8. The van der Waals surface area contributed by atoms with Crippen molar-refractivity contribution in [3.63, 3.8) is 0 Å². The third-order valence-corrected chi connectivity index (χ3v) is 6.29.